The van der Waals surface area contributed by atoms with Crippen LogP contribution < -0.4 is 16.0 Å². The van der Waals surface area contributed by atoms with Crippen molar-refractivity contribution < 1.29 is 4.79 Å². The van der Waals surface area contributed by atoms with E-state index < -0.39 is 6.04 Å². The van der Waals surface area contributed by atoms with Gasteiger partial charge in [0.05, 0.1) is 6.04 Å². The van der Waals surface area contributed by atoms with E-state index in [1.54, 1.807) is 0 Å². The van der Waals surface area contributed by atoms with Crippen LogP contribution in [0.1, 0.15) is 30.9 Å². The number of para-hydroxylation sites is 2. The molecule has 1 atom stereocenters. The minimum absolute atomic E-state index is 0.105. The second kappa shape index (κ2) is 7.49. The second-order valence-corrected chi connectivity index (χ2v) is 6.34. The molecule has 1 heterocycles. The molecule has 1 aliphatic heterocycles. The van der Waals surface area contributed by atoms with E-state index in [2.05, 4.69) is 40.5 Å². The van der Waals surface area contributed by atoms with Crippen molar-refractivity contribution in [2.24, 2.45) is 5.73 Å². The Morgan fingerprint density at radius 3 is 2.79 bits per heavy atom. The number of amides is 1. The number of carbonyl (C=O) groups is 1. The number of anilines is 2. The molecule has 3 N–H and O–H groups in total. The summed E-state index contributed by atoms with van der Waals surface area (Å²) in [5.74, 6) is -0.105. The summed E-state index contributed by atoms with van der Waals surface area (Å²) in [6.07, 6.45) is 2.68. The first-order valence-corrected chi connectivity index (χ1v) is 8.66. The van der Waals surface area contributed by atoms with E-state index in [0.29, 0.717) is 6.42 Å². The molecule has 0 spiro atoms. The third-order valence-electron chi connectivity index (χ3n) is 4.56. The Morgan fingerprint density at radius 1 is 1.21 bits per heavy atom. The van der Waals surface area contributed by atoms with Crippen molar-refractivity contribution in [2.45, 2.75) is 38.8 Å². The van der Waals surface area contributed by atoms with Crippen LogP contribution in [-0.2, 0) is 17.8 Å². The first-order chi connectivity index (χ1) is 11.7. The van der Waals surface area contributed by atoms with Crippen LogP contribution in [0.25, 0.3) is 0 Å². The number of nitrogens with one attached hydrogen (secondary N) is 1. The predicted octanol–water partition coefficient (Wildman–Crippen LogP) is 3.32. The number of nitrogens with zero attached hydrogens (tertiary/aromatic N) is 1. The lowest BCUT2D eigenvalue weighted by molar-refractivity contribution is -0.117. The Hall–Kier alpha value is -2.33. The minimum atomic E-state index is -0.449. The third-order valence-corrected chi connectivity index (χ3v) is 4.56. The topological polar surface area (TPSA) is 58.4 Å². The maximum atomic E-state index is 12.2. The van der Waals surface area contributed by atoms with Gasteiger partial charge in [0.25, 0.3) is 0 Å². The summed E-state index contributed by atoms with van der Waals surface area (Å²) < 4.78 is 0. The molecule has 1 unspecified atom stereocenters. The van der Waals surface area contributed by atoms with Gasteiger partial charge in [0.15, 0.2) is 0 Å². The van der Waals surface area contributed by atoms with Gasteiger partial charge in [0.1, 0.15) is 0 Å². The zero-order valence-electron chi connectivity index (χ0n) is 14.2. The number of benzene rings is 2. The molecule has 2 aromatic carbocycles. The summed E-state index contributed by atoms with van der Waals surface area (Å²) in [6.45, 7) is 3.83. The molecular weight excluding hydrogens is 298 g/mol. The molecular formula is C20H25N3O. The smallest absolute Gasteiger partial charge is 0.241 e. The molecule has 0 saturated carbocycles. The molecule has 126 valence electrons. The molecule has 0 aliphatic carbocycles. The van der Waals surface area contributed by atoms with E-state index in [4.69, 9.17) is 5.73 Å². The predicted molar refractivity (Wildman–Crippen MR) is 99.2 cm³/mol. The van der Waals surface area contributed by atoms with Crippen LogP contribution in [0.2, 0.25) is 0 Å². The van der Waals surface area contributed by atoms with Crippen LogP contribution >= 0.6 is 0 Å². The molecule has 4 heteroatoms. The van der Waals surface area contributed by atoms with E-state index in [9.17, 15) is 4.79 Å². The maximum absolute atomic E-state index is 12.2. The monoisotopic (exact) mass is 323 g/mol. The minimum Gasteiger partial charge on any atom is -0.367 e. The summed E-state index contributed by atoms with van der Waals surface area (Å²) in [4.78, 5) is 14.6. The van der Waals surface area contributed by atoms with Gasteiger partial charge in [0, 0.05) is 24.5 Å². The molecule has 0 saturated heterocycles. The van der Waals surface area contributed by atoms with Crippen molar-refractivity contribution >= 4 is 17.3 Å². The van der Waals surface area contributed by atoms with Crippen LogP contribution in [0.4, 0.5) is 11.4 Å². The highest BCUT2D eigenvalue weighted by Gasteiger charge is 2.20. The first kappa shape index (κ1) is 16.5. The molecule has 1 amide bonds. The van der Waals surface area contributed by atoms with Crippen LogP contribution in [0.15, 0.2) is 48.5 Å². The maximum Gasteiger partial charge on any atom is 0.241 e. The summed E-state index contributed by atoms with van der Waals surface area (Å²) >= 11 is 0. The van der Waals surface area contributed by atoms with E-state index in [-0.39, 0.29) is 5.91 Å². The lowest BCUT2D eigenvalue weighted by Crippen LogP contribution is -2.35. The van der Waals surface area contributed by atoms with Crippen molar-refractivity contribution in [3.63, 3.8) is 0 Å². The van der Waals surface area contributed by atoms with Crippen LogP contribution in [-0.4, -0.2) is 18.5 Å². The molecule has 1 aliphatic rings. The highest BCUT2D eigenvalue weighted by molar-refractivity contribution is 5.95. The number of rotatable bonds is 6. The zero-order valence-corrected chi connectivity index (χ0v) is 14.2. The largest absolute Gasteiger partial charge is 0.367 e. The normalized spacial score (nSPS) is 14.3. The summed E-state index contributed by atoms with van der Waals surface area (Å²) in [5, 5.41) is 3.00. The van der Waals surface area contributed by atoms with Gasteiger partial charge in [-0.1, -0.05) is 49.7 Å². The van der Waals surface area contributed by atoms with Crippen molar-refractivity contribution in [3.8, 4) is 0 Å². The van der Waals surface area contributed by atoms with Gasteiger partial charge in [-0.2, -0.15) is 0 Å². The average Bonchev–Trinajstić information content (AvgIpc) is 3.00. The molecule has 0 radical (unpaired) electrons. The molecule has 3 rings (SSSR count). The molecule has 24 heavy (non-hydrogen) atoms. The Balaban J connectivity index is 1.75. The Kier molecular flexibility index (Phi) is 5.16. The average molecular weight is 323 g/mol. The van der Waals surface area contributed by atoms with E-state index in [0.717, 1.165) is 37.2 Å². The van der Waals surface area contributed by atoms with Gasteiger partial charge >= 0.3 is 0 Å². The van der Waals surface area contributed by atoms with Crippen LogP contribution in [0, 0.1) is 0 Å². The van der Waals surface area contributed by atoms with Crippen molar-refractivity contribution in [3.05, 3.63) is 59.7 Å². The molecule has 2 aromatic rings. The number of carbonyl (C=O) groups excluding carboxylic acids is 1. The van der Waals surface area contributed by atoms with E-state index in [1.165, 1.54) is 11.3 Å². The van der Waals surface area contributed by atoms with Gasteiger partial charge in [0.2, 0.25) is 5.91 Å². The highest BCUT2D eigenvalue weighted by Crippen LogP contribution is 2.30. The fraction of sp³-hybridized carbons (Fsp3) is 0.350. The quantitative estimate of drug-likeness (QED) is 0.857. The van der Waals surface area contributed by atoms with Crippen LogP contribution in [0.5, 0.6) is 0 Å². The van der Waals surface area contributed by atoms with Gasteiger partial charge in [-0.05, 0) is 36.1 Å². The van der Waals surface area contributed by atoms with Gasteiger partial charge in [-0.15, -0.1) is 0 Å². The Morgan fingerprint density at radius 2 is 1.96 bits per heavy atom. The van der Waals surface area contributed by atoms with Gasteiger partial charge in [-0.25, -0.2) is 0 Å². The number of fused-ring (bicyclic) bond motifs is 1. The fourth-order valence-corrected chi connectivity index (χ4v) is 3.22. The third kappa shape index (κ3) is 3.60. The lowest BCUT2D eigenvalue weighted by Gasteiger charge is -2.22. The lowest BCUT2D eigenvalue weighted by atomic mass is 10.1. The summed E-state index contributed by atoms with van der Waals surface area (Å²) in [5.41, 5.74) is 10.6. The van der Waals surface area contributed by atoms with Crippen molar-refractivity contribution in [1.82, 2.24) is 0 Å². The van der Waals surface area contributed by atoms with Crippen molar-refractivity contribution in [2.75, 3.05) is 16.8 Å². The van der Waals surface area contributed by atoms with E-state index in [1.807, 2.05) is 25.1 Å². The molecule has 4 nitrogen and oxygen atoms in total. The molecule has 0 bridgehead atoms. The zero-order chi connectivity index (χ0) is 16.9. The first-order valence-electron chi connectivity index (χ1n) is 8.66. The summed E-state index contributed by atoms with van der Waals surface area (Å²) in [7, 11) is 0. The Bertz CT molecular complexity index is 714. The molecule has 0 fully saturated rings. The SMILES string of the molecule is CCCC(N)C(=O)Nc1ccccc1CN1CCc2ccccc21. The standard InChI is InChI=1S/C20H25N3O/c1-2-7-17(21)20(24)22-18-10-5-3-9-16(18)14-23-13-12-15-8-4-6-11-19(15)23/h3-6,8-11,17H,2,7,12-14,21H2,1H3,(H,22,24). The fourth-order valence-electron chi connectivity index (χ4n) is 3.22. The Labute approximate surface area is 143 Å². The van der Waals surface area contributed by atoms with Crippen molar-refractivity contribution in [1.29, 1.82) is 0 Å². The van der Waals surface area contributed by atoms with Gasteiger partial charge in [-0.3, -0.25) is 4.79 Å². The number of hydrogen-bond donors (Lipinski definition) is 2. The van der Waals surface area contributed by atoms with Crippen LogP contribution in [0.3, 0.4) is 0 Å². The van der Waals surface area contributed by atoms with E-state index >= 15 is 0 Å². The number of nitrogens with two attached hydrogens (primary N) is 1. The molecule has 0 aromatic heterocycles. The second-order valence-electron chi connectivity index (χ2n) is 6.34. The summed E-state index contributed by atoms with van der Waals surface area (Å²) in [6, 6.07) is 16.1. The highest BCUT2D eigenvalue weighted by atomic mass is 16.2. The number of hydrogen-bond acceptors (Lipinski definition) is 3. The van der Waals surface area contributed by atoms with Gasteiger partial charge < -0.3 is 16.0 Å².